The number of benzene rings is 1. The molecule has 2 aromatic heterocycles. The van der Waals surface area contributed by atoms with E-state index in [2.05, 4.69) is 34.4 Å². The molecule has 1 aliphatic heterocycles. The van der Waals surface area contributed by atoms with Crippen LogP contribution in [0.25, 0.3) is 11.2 Å². The number of carbonyl (C=O) groups excluding carboxylic acids is 3. The molecule has 1 aliphatic rings. The molecule has 344 valence electrons. The highest BCUT2D eigenvalue weighted by atomic mass is 32.2. The summed E-state index contributed by atoms with van der Waals surface area (Å²) in [5, 5.41) is 35.3. The molecule has 2 unspecified atom stereocenters. The van der Waals surface area contributed by atoms with E-state index < -0.39 is 96.4 Å². The van der Waals surface area contributed by atoms with Crippen LogP contribution in [0.4, 0.5) is 5.82 Å². The Labute approximate surface area is 356 Å². The molecule has 8 atom stereocenters. The number of nitrogens with one attached hydrogen (secondary N) is 2. The van der Waals surface area contributed by atoms with Crippen LogP contribution in [-0.4, -0.2) is 134 Å². The maximum atomic E-state index is 12.7. The van der Waals surface area contributed by atoms with E-state index in [9.17, 15) is 67.8 Å². The summed E-state index contributed by atoms with van der Waals surface area (Å²) in [5.74, 6) is -3.34. The molecule has 0 saturated carbocycles. The van der Waals surface area contributed by atoms with Crippen molar-refractivity contribution in [2.45, 2.75) is 63.8 Å². The molecule has 3 aromatic rings. The number of nitrogens with zero attached hydrogens (tertiary/aromatic N) is 4. The number of hydrogen-bond donors (Lipinski definition) is 10. The Balaban J connectivity index is 1.21. The van der Waals surface area contributed by atoms with Crippen LogP contribution in [0.15, 0.2) is 43.0 Å². The molecule has 3 heterocycles. The summed E-state index contributed by atoms with van der Waals surface area (Å²) in [6, 6.07) is 8.92. The summed E-state index contributed by atoms with van der Waals surface area (Å²) in [7, 11) is -16.5. The number of carboxylic acid groups (broad SMARTS) is 1. The second kappa shape index (κ2) is 21.8. The third-order valence-corrected chi connectivity index (χ3v) is 13.0. The number of carbonyl (C=O) groups is 4. The molecule has 2 amide bonds. The summed E-state index contributed by atoms with van der Waals surface area (Å²) in [6.45, 7) is 0.165. The summed E-state index contributed by atoms with van der Waals surface area (Å²) in [5.41, 5.74) is 5.00. The minimum Gasteiger partial charge on any atom is -0.481 e. The molecular weight excluding hydrogens is 911 g/mol. The van der Waals surface area contributed by atoms with Crippen molar-refractivity contribution in [1.82, 2.24) is 30.2 Å². The molecule has 26 nitrogen and oxygen atoms in total. The van der Waals surface area contributed by atoms with Crippen molar-refractivity contribution >= 4 is 75.1 Å². The number of nitrogens with two attached hydrogens (primary N) is 1. The number of anilines is 1. The number of phosphoric ester groups is 3. The zero-order valence-electron chi connectivity index (χ0n) is 32.8. The molecule has 4 rings (SSSR count). The molecule has 0 bridgehead atoms. The van der Waals surface area contributed by atoms with Crippen molar-refractivity contribution in [3.05, 3.63) is 48.5 Å². The number of nitrogen functional groups attached to an aromatic ring is 1. The molecular formula is C32H46N7O19P3S. The fourth-order valence-electron chi connectivity index (χ4n) is 5.75. The van der Waals surface area contributed by atoms with Crippen molar-refractivity contribution < 1.29 is 90.4 Å². The Morgan fingerprint density at radius 3 is 2.34 bits per heavy atom. The van der Waals surface area contributed by atoms with Crippen LogP contribution in [0.3, 0.4) is 0 Å². The lowest BCUT2D eigenvalue weighted by atomic mass is 9.87. The third kappa shape index (κ3) is 15.2. The molecule has 1 fully saturated rings. The Kier molecular flexibility index (Phi) is 17.9. The number of phosphoric acid groups is 3. The van der Waals surface area contributed by atoms with Gasteiger partial charge in [0.2, 0.25) is 11.8 Å². The predicted octanol–water partition coefficient (Wildman–Crippen LogP) is -0.00170. The molecule has 1 aromatic carbocycles. The van der Waals surface area contributed by atoms with Crippen LogP contribution in [0.5, 0.6) is 0 Å². The van der Waals surface area contributed by atoms with Crippen LogP contribution in [0, 0.1) is 11.3 Å². The maximum Gasteiger partial charge on any atom is 0.481 e. The summed E-state index contributed by atoms with van der Waals surface area (Å²) >= 11 is 0.876. The first kappa shape index (κ1) is 50.9. The number of aromatic nitrogens is 4. The van der Waals surface area contributed by atoms with E-state index in [4.69, 9.17) is 19.5 Å². The van der Waals surface area contributed by atoms with Gasteiger partial charge in [-0.25, -0.2) is 28.6 Å². The SMILES string of the molecule is CC(C)(COP(=O)(O)OP(=O)(O)OC[C@H]1O[C@@H](n2cnc3c(N)ncnc32)[C@H](O)[C@@H]1OP(=O)(O)O)[C@@H](O)C(=O)NCCC(=O)NCCSC(=O)[C@H](CC(=O)O)Cc1ccccc1. The number of aliphatic hydroxyl groups excluding tert-OH is 2. The number of aliphatic carboxylic acids is 1. The summed E-state index contributed by atoms with van der Waals surface area (Å²) in [6.07, 6.45) is -7.25. The van der Waals surface area contributed by atoms with Gasteiger partial charge in [0, 0.05) is 36.6 Å². The van der Waals surface area contributed by atoms with Gasteiger partial charge in [-0.1, -0.05) is 55.9 Å². The van der Waals surface area contributed by atoms with Crippen LogP contribution in [-0.2, 0) is 61.9 Å². The number of ether oxygens (including phenoxy) is 1. The quantitative estimate of drug-likeness (QED) is 0.0417. The van der Waals surface area contributed by atoms with Crippen LogP contribution >= 0.6 is 35.2 Å². The van der Waals surface area contributed by atoms with Crippen molar-refractivity contribution in [2.75, 3.05) is 37.8 Å². The third-order valence-electron chi connectivity index (χ3n) is 8.83. The van der Waals surface area contributed by atoms with Crippen LogP contribution < -0.4 is 16.4 Å². The van der Waals surface area contributed by atoms with E-state index in [1.165, 1.54) is 13.8 Å². The number of fused-ring (bicyclic) bond motifs is 1. The highest BCUT2D eigenvalue weighted by molar-refractivity contribution is 8.13. The average molecular weight is 958 g/mol. The average Bonchev–Trinajstić information content (AvgIpc) is 3.74. The lowest BCUT2D eigenvalue weighted by Gasteiger charge is -2.30. The lowest BCUT2D eigenvalue weighted by molar-refractivity contribution is -0.139. The fraction of sp³-hybridized carbons (Fsp3) is 0.531. The van der Waals surface area contributed by atoms with E-state index in [1.807, 2.05) is 0 Å². The monoisotopic (exact) mass is 957 g/mol. The first-order chi connectivity index (χ1) is 28.9. The van der Waals surface area contributed by atoms with Crippen molar-refractivity contribution in [3.8, 4) is 0 Å². The van der Waals surface area contributed by atoms with E-state index in [-0.39, 0.29) is 60.2 Å². The molecule has 11 N–H and O–H groups in total. The van der Waals surface area contributed by atoms with Gasteiger partial charge in [-0.15, -0.1) is 0 Å². The zero-order valence-corrected chi connectivity index (χ0v) is 36.3. The molecule has 0 aliphatic carbocycles. The maximum absolute atomic E-state index is 12.7. The topological polar surface area (TPSA) is 401 Å². The number of carboxylic acids is 1. The van der Waals surface area contributed by atoms with Gasteiger partial charge >= 0.3 is 29.4 Å². The van der Waals surface area contributed by atoms with Gasteiger partial charge in [0.25, 0.3) is 0 Å². The predicted molar refractivity (Wildman–Crippen MR) is 213 cm³/mol. The van der Waals surface area contributed by atoms with Crippen LogP contribution in [0.2, 0.25) is 0 Å². The smallest absolute Gasteiger partial charge is 0.481 e. The minimum absolute atomic E-state index is 0.0182. The Morgan fingerprint density at radius 2 is 1.68 bits per heavy atom. The molecule has 0 radical (unpaired) electrons. The molecule has 0 spiro atoms. The number of imidazole rings is 1. The van der Waals surface area contributed by atoms with Gasteiger partial charge in [0.05, 0.1) is 26.0 Å². The number of aliphatic hydroxyl groups is 2. The van der Waals surface area contributed by atoms with Crippen molar-refractivity contribution in [1.29, 1.82) is 0 Å². The van der Waals surface area contributed by atoms with Gasteiger partial charge in [0.15, 0.2) is 22.8 Å². The normalized spacial score (nSPS) is 21.1. The first-order valence-corrected chi connectivity index (χ1v) is 23.7. The van der Waals surface area contributed by atoms with Gasteiger partial charge in [-0.05, 0) is 12.0 Å². The Bertz CT molecular complexity index is 2200. The number of thioether (sulfide) groups is 1. The minimum atomic E-state index is -5.60. The van der Waals surface area contributed by atoms with Crippen molar-refractivity contribution in [3.63, 3.8) is 0 Å². The highest BCUT2D eigenvalue weighted by Gasteiger charge is 2.50. The van der Waals surface area contributed by atoms with E-state index in [1.54, 1.807) is 30.3 Å². The fourth-order valence-corrected chi connectivity index (χ4v) is 9.38. The van der Waals surface area contributed by atoms with Gasteiger partial charge < -0.3 is 56.0 Å². The first-order valence-electron chi connectivity index (χ1n) is 18.2. The van der Waals surface area contributed by atoms with E-state index in [0.29, 0.717) is 0 Å². The van der Waals surface area contributed by atoms with Gasteiger partial charge in [-0.2, -0.15) is 4.31 Å². The Hall–Kier alpha value is -3.75. The largest absolute Gasteiger partial charge is 0.481 e. The van der Waals surface area contributed by atoms with E-state index >= 15 is 0 Å². The lowest BCUT2D eigenvalue weighted by Crippen LogP contribution is -2.46. The number of rotatable bonds is 24. The standard InChI is InChI=1S/C32H46N7O19P3S/c1-32(2,26(44)29(45)35-9-8-21(40)34-10-11-62-31(46)19(13-22(41)42)12-18-6-4-3-5-7-18)15-55-61(52,53)58-60(50,51)54-14-20-25(57-59(47,48)49)24(43)30(56-20)39-17-38-23-27(33)36-16-37-28(23)39/h3-7,16-17,19-20,24-26,30,43-44H,8-15H2,1-2H3,(H,34,40)(H,35,45)(H,41,42)(H,50,51)(H,52,53)(H2,33,36,37)(H2,47,48,49)/t19-,20+,24+,25+,26-,30+/m0/s1. The van der Waals surface area contributed by atoms with Gasteiger partial charge in [0.1, 0.15) is 36.3 Å². The number of hydrogen-bond acceptors (Lipinski definition) is 19. The summed E-state index contributed by atoms with van der Waals surface area (Å²) < 4.78 is 62.2. The molecule has 1 saturated heterocycles. The summed E-state index contributed by atoms with van der Waals surface area (Å²) in [4.78, 5) is 100.0. The van der Waals surface area contributed by atoms with Gasteiger partial charge in [-0.3, -0.25) is 37.3 Å². The molecule has 62 heavy (non-hydrogen) atoms. The zero-order chi connectivity index (χ0) is 46.0. The molecule has 30 heteroatoms. The second-order valence-corrected chi connectivity index (χ2v) is 19.6. The Morgan fingerprint density at radius 1 is 1.00 bits per heavy atom. The second-order valence-electron chi connectivity index (χ2n) is 14.2. The number of amides is 2. The van der Waals surface area contributed by atoms with Crippen LogP contribution in [0.1, 0.15) is 38.5 Å². The van der Waals surface area contributed by atoms with Crippen molar-refractivity contribution in [2.24, 2.45) is 11.3 Å². The van der Waals surface area contributed by atoms with E-state index in [0.717, 1.165) is 34.5 Å². The highest BCUT2D eigenvalue weighted by Crippen LogP contribution is 2.61.